The molecule has 1 heterocycles. The molecule has 0 spiro atoms. The van der Waals surface area contributed by atoms with Gasteiger partial charge >= 0.3 is 0 Å². The van der Waals surface area contributed by atoms with Gasteiger partial charge in [-0.3, -0.25) is 0 Å². The number of benzene rings is 1. The molecule has 0 fully saturated rings. The van der Waals surface area contributed by atoms with Crippen LogP contribution < -0.4 is 0 Å². The number of aromatic amines is 1. The predicted molar refractivity (Wildman–Crippen MR) is 72.0 cm³/mol. The van der Waals surface area contributed by atoms with Crippen molar-refractivity contribution in [2.24, 2.45) is 5.92 Å². The highest BCUT2D eigenvalue weighted by atomic mass is 14.9. The highest BCUT2D eigenvalue weighted by Crippen LogP contribution is 2.24. The van der Waals surface area contributed by atoms with E-state index in [0.29, 0.717) is 0 Å². The lowest BCUT2D eigenvalue weighted by atomic mass is 9.97. The number of rotatable bonds is 3. The van der Waals surface area contributed by atoms with Crippen molar-refractivity contribution in [2.45, 2.75) is 26.7 Å². The third-order valence-electron chi connectivity index (χ3n) is 3.06. The van der Waals surface area contributed by atoms with Crippen LogP contribution in [0.15, 0.2) is 30.5 Å². The second kappa shape index (κ2) is 5.05. The number of nitrogens with one attached hydrogen (secondary N) is 1. The molecule has 1 aromatic carbocycles. The van der Waals surface area contributed by atoms with Gasteiger partial charge in [-0.15, -0.1) is 0 Å². The Hall–Kier alpha value is -2.08. The Morgan fingerprint density at radius 3 is 2.44 bits per heavy atom. The van der Waals surface area contributed by atoms with Crippen molar-refractivity contribution in [1.29, 1.82) is 5.26 Å². The zero-order valence-electron chi connectivity index (χ0n) is 10.9. The molecule has 0 radical (unpaired) electrons. The summed E-state index contributed by atoms with van der Waals surface area (Å²) in [4.78, 5) is 7.58. The molecule has 2 rings (SSSR count). The van der Waals surface area contributed by atoms with Crippen LogP contribution in [0.25, 0.3) is 11.3 Å². The molecule has 1 atom stereocenters. The second-order valence-electron chi connectivity index (χ2n) is 4.90. The van der Waals surface area contributed by atoms with Gasteiger partial charge in [-0.2, -0.15) is 5.26 Å². The van der Waals surface area contributed by atoms with Crippen molar-refractivity contribution >= 4 is 0 Å². The van der Waals surface area contributed by atoms with Crippen LogP contribution in [0.3, 0.4) is 0 Å². The molecular weight excluding hydrogens is 222 g/mol. The largest absolute Gasteiger partial charge is 0.341 e. The topological polar surface area (TPSA) is 52.5 Å². The molecule has 1 N–H and O–H groups in total. The maximum Gasteiger partial charge on any atom is 0.124 e. The lowest BCUT2D eigenvalue weighted by Gasteiger charge is -2.09. The Kier molecular flexibility index (Phi) is 3.47. The SMILES string of the molecule is Cc1ccc(-c2cnc(C(C#N)C(C)C)[nH]2)cc1. The van der Waals surface area contributed by atoms with Crippen molar-refractivity contribution in [3.8, 4) is 17.3 Å². The first kappa shape index (κ1) is 12.4. The van der Waals surface area contributed by atoms with Gasteiger partial charge in [0.15, 0.2) is 0 Å². The minimum absolute atomic E-state index is 0.177. The first-order valence-corrected chi connectivity index (χ1v) is 6.13. The molecule has 0 saturated carbocycles. The van der Waals surface area contributed by atoms with Crippen LogP contribution in [-0.4, -0.2) is 9.97 Å². The van der Waals surface area contributed by atoms with Crippen LogP contribution in [0, 0.1) is 24.2 Å². The highest BCUT2D eigenvalue weighted by Gasteiger charge is 2.18. The van der Waals surface area contributed by atoms with Crippen LogP contribution in [0.2, 0.25) is 0 Å². The second-order valence-corrected chi connectivity index (χ2v) is 4.90. The van der Waals surface area contributed by atoms with E-state index >= 15 is 0 Å². The molecule has 2 aromatic rings. The van der Waals surface area contributed by atoms with E-state index in [-0.39, 0.29) is 11.8 Å². The highest BCUT2D eigenvalue weighted by molar-refractivity contribution is 5.58. The quantitative estimate of drug-likeness (QED) is 0.888. The van der Waals surface area contributed by atoms with Gasteiger partial charge in [0.1, 0.15) is 11.7 Å². The Morgan fingerprint density at radius 2 is 1.89 bits per heavy atom. The first-order chi connectivity index (χ1) is 8.61. The maximum absolute atomic E-state index is 9.16. The molecule has 92 valence electrons. The van der Waals surface area contributed by atoms with Gasteiger partial charge in [0.25, 0.3) is 0 Å². The van der Waals surface area contributed by atoms with E-state index in [9.17, 15) is 0 Å². The molecule has 0 bridgehead atoms. The van der Waals surface area contributed by atoms with E-state index in [0.717, 1.165) is 17.1 Å². The van der Waals surface area contributed by atoms with Crippen molar-refractivity contribution in [1.82, 2.24) is 9.97 Å². The van der Waals surface area contributed by atoms with Crippen LogP contribution in [0.1, 0.15) is 31.2 Å². The summed E-state index contributed by atoms with van der Waals surface area (Å²) in [6, 6.07) is 10.6. The normalized spacial score (nSPS) is 12.4. The van der Waals surface area contributed by atoms with Crippen molar-refractivity contribution < 1.29 is 0 Å². The fourth-order valence-corrected chi connectivity index (χ4v) is 1.90. The summed E-state index contributed by atoms with van der Waals surface area (Å²) in [5, 5.41) is 9.16. The number of H-pyrrole nitrogens is 1. The van der Waals surface area contributed by atoms with Gasteiger partial charge in [-0.1, -0.05) is 43.7 Å². The standard InChI is InChI=1S/C15H17N3/c1-10(2)13(8-16)15-17-9-14(18-15)12-6-4-11(3)5-7-12/h4-7,9-10,13H,1-3H3,(H,17,18). The predicted octanol–water partition coefficient (Wildman–Crippen LogP) is 3.65. The van der Waals surface area contributed by atoms with E-state index in [1.165, 1.54) is 5.56 Å². The average Bonchev–Trinajstić information content (AvgIpc) is 2.80. The summed E-state index contributed by atoms with van der Waals surface area (Å²) < 4.78 is 0. The Morgan fingerprint density at radius 1 is 1.22 bits per heavy atom. The van der Waals surface area contributed by atoms with Gasteiger partial charge < -0.3 is 4.98 Å². The van der Waals surface area contributed by atoms with E-state index in [4.69, 9.17) is 5.26 Å². The number of nitrogens with zero attached hydrogens (tertiary/aromatic N) is 2. The summed E-state index contributed by atoms with van der Waals surface area (Å²) >= 11 is 0. The smallest absolute Gasteiger partial charge is 0.124 e. The van der Waals surface area contributed by atoms with Crippen molar-refractivity contribution in [2.75, 3.05) is 0 Å². The summed E-state index contributed by atoms with van der Waals surface area (Å²) in [6.45, 7) is 6.12. The number of aromatic nitrogens is 2. The number of hydrogen-bond acceptors (Lipinski definition) is 2. The van der Waals surface area contributed by atoms with E-state index < -0.39 is 0 Å². The molecule has 0 amide bonds. The third kappa shape index (κ3) is 2.43. The molecule has 3 nitrogen and oxygen atoms in total. The lowest BCUT2D eigenvalue weighted by Crippen LogP contribution is -2.05. The molecular formula is C15H17N3. The number of aryl methyl sites for hydroxylation is 1. The van der Waals surface area contributed by atoms with Crippen molar-refractivity contribution in [3.63, 3.8) is 0 Å². The average molecular weight is 239 g/mol. The maximum atomic E-state index is 9.16. The first-order valence-electron chi connectivity index (χ1n) is 6.13. The van der Waals surface area contributed by atoms with Gasteiger partial charge in [0.05, 0.1) is 18.0 Å². The number of imidazole rings is 1. The van der Waals surface area contributed by atoms with Gasteiger partial charge in [0.2, 0.25) is 0 Å². The number of hydrogen-bond donors (Lipinski definition) is 1. The zero-order chi connectivity index (χ0) is 13.1. The molecule has 0 aliphatic heterocycles. The van der Waals surface area contributed by atoms with Crippen molar-refractivity contribution in [3.05, 3.63) is 41.9 Å². The van der Waals surface area contributed by atoms with E-state index in [2.05, 4.69) is 47.2 Å². The molecule has 1 unspecified atom stereocenters. The van der Waals surface area contributed by atoms with Crippen LogP contribution in [0.4, 0.5) is 0 Å². The molecule has 0 aliphatic rings. The lowest BCUT2D eigenvalue weighted by molar-refractivity contribution is 0.566. The fraction of sp³-hybridized carbons (Fsp3) is 0.333. The summed E-state index contributed by atoms with van der Waals surface area (Å²) in [7, 11) is 0. The fourth-order valence-electron chi connectivity index (χ4n) is 1.90. The van der Waals surface area contributed by atoms with E-state index in [1.807, 2.05) is 13.8 Å². The third-order valence-corrected chi connectivity index (χ3v) is 3.06. The summed E-state index contributed by atoms with van der Waals surface area (Å²) in [5.74, 6) is 0.833. The van der Waals surface area contributed by atoms with Gasteiger partial charge in [-0.25, -0.2) is 4.98 Å². The minimum Gasteiger partial charge on any atom is -0.341 e. The van der Waals surface area contributed by atoms with Crippen LogP contribution in [0.5, 0.6) is 0 Å². The molecule has 1 aromatic heterocycles. The van der Waals surface area contributed by atoms with Crippen LogP contribution in [-0.2, 0) is 0 Å². The summed E-state index contributed by atoms with van der Waals surface area (Å²) in [6.07, 6.45) is 1.80. The van der Waals surface area contributed by atoms with Crippen LogP contribution >= 0.6 is 0 Å². The van der Waals surface area contributed by atoms with E-state index in [1.54, 1.807) is 6.20 Å². The monoisotopic (exact) mass is 239 g/mol. The zero-order valence-corrected chi connectivity index (χ0v) is 10.9. The van der Waals surface area contributed by atoms with Gasteiger partial charge in [0, 0.05) is 0 Å². The Bertz CT molecular complexity index is 558. The summed E-state index contributed by atoms with van der Waals surface area (Å²) in [5.41, 5.74) is 3.29. The van der Waals surface area contributed by atoms with Gasteiger partial charge in [-0.05, 0) is 18.4 Å². The Balaban J connectivity index is 2.31. The molecule has 3 heteroatoms. The molecule has 0 aliphatic carbocycles. The molecule has 0 saturated heterocycles. The minimum atomic E-state index is -0.177. The Labute approximate surface area is 107 Å². The molecule has 18 heavy (non-hydrogen) atoms. The number of nitriles is 1.